The summed E-state index contributed by atoms with van der Waals surface area (Å²) < 4.78 is 0. The summed E-state index contributed by atoms with van der Waals surface area (Å²) in [5, 5.41) is 5.19. The minimum atomic E-state index is -0.551. The van der Waals surface area contributed by atoms with Gasteiger partial charge >= 0.3 is 0 Å². The van der Waals surface area contributed by atoms with Crippen LogP contribution >= 0.6 is 11.3 Å². The Morgan fingerprint density at radius 3 is 2.94 bits per heavy atom. The van der Waals surface area contributed by atoms with Crippen molar-refractivity contribution in [2.75, 3.05) is 11.1 Å². The van der Waals surface area contributed by atoms with Crippen LogP contribution in [-0.2, 0) is 6.54 Å². The molecule has 2 rings (SSSR count). The molecule has 0 aliphatic heterocycles. The average Bonchev–Trinajstić information content (AvgIpc) is 2.73. The van der Waals surface area contributed by atoms with Gasteiger partial charge in [0.1, 0.15) is 5.82 Å². The van der Waals surface area contributed by atoms with Gasteiger partial charge < -0.3 is 16.8 Å². The lowest BCUT2D eigenvalue weighted by molar-refractivity contribution is 0.100. The number of aromatic nitrogens is 1. The quantitative estimate of drug-likeness (QED) is 0.782. The second-order valence-electron chi connectivity index (χ2n) is 3.90. The smallest absolute Gasteiger partial charge is 0.250 e. The highest BCUT2D eigenvalue weighted by Crippen LogP contribution is 2.18. The van der Waals surface area contributed by atoms with E-state index in [9.17, 15) is 4.79 Å². The van der Waals surface area contributed by atoms with E-state index in [1.54, 1.807) is 17.4 Å². The normalized spacial score (nSPS) is 10.3. The van der Waals surface area contributed by atoms with E-state index in [0.717, 1.165) is 0 Å². The Morgan fingerprint density at radius 2 is 2.33 bits per heavy atom. The number of amides is 1. The highest BCUT2D eigenvalue weighted by Gasteiger charge is 2.08. The summed E-state index contributed by atoms with van der Waals surface area (Å²) >= 11 is 1.68. The van der Waals surface area contributed by atoms with Gasteiger partial charge in [-0.3, -0.25) is 4.79 Å². The number of rotatable bonds is 4. The lowest BCUT2D eigenvalue weighted by Gasteiger charge is -2.07. The molecule has 0 unspecified atom stereocenters. The van der Waals surface area contributed by atoms with Crippen LogP contribution in [0.4, 0.5) is 11.5 Å². The van der Waals surface area contributed by atoms with E-state index in [-0.39, 0.29) is 5.56 Å². The van der Waals surface area contributed by atoms with Crippen LogP contribution in [0.15, 0.2) is 23.7 Å². The Balaban J connectivity index is 2.13. The van der Waals surface area contributed by atoms with E-state index in [1.165, 1.54) is 16.6 Å². The molecule has 18 heavy (non-hydrogen) atoms. The summed E-state index contributed by atoms with van der Waals surface area (Å²) in [5.41, 5.74) is 12.7. The predicted molar refractivity (Wildman–Crippen MR) is 73.5 cm³/mol. The zero-order valence-corrected chi connectivity index (χ0v) is 10.8. The third-order valence-corrected chi connectivity index (χ3v) is 3.62. The minimum absolute atomic E-state index is 0.287. The van der Waals surface area contributed by atoms with Crippen molar-refractivity contribution in [2.24, 2.45) is 5.73 Å². The first kappa shape index (κ1) is 12.4. The molecule has 0 aromatic carbocycles. The number of aryl methyl sites for hydroxylation is 1. The number of thiophene rings is 1. The second-order valence-corrected chi connectivity index (χ2v) is 4.90. The van der Waals surface area contributed by atoms with Gasteiger partial charge in [-0.1, -0.05) is 0 Å². The molecule has 0 bridgehead atoms. The van der Waals surface area contributed by atoms with Crippen molar-refractivity contribution >= 4 is 28.7 Å². The maximum atomic E-state index is 11.1. The van der Waals surface area contributed by atoms with Crippen LogP contribution in [0.25, 0.3) is 0 Å². The van der Waals surface area contributed by atoms with Gasteiger partial charge in [-0.05, 0) is 30.0 Å². The molecular formula is C12H14N4OS. The van der Waals surface area contributed by atoms with Crippen molar-refractivity contribution < 1.29 is 4.79 Å². The monoisotopic (exact) mass is 262 g/mol. The fourth-order valence-electron chi connectivity index (χ4n) is 1.53. The van der Waals surface area contributed by atoms with Gasteiger partial charge in [0.25, 0.3) is 5.91 Å². The van der Waals surface area contributed by atoms with Crippen LogP contribution in [0.2, 0.25) is 0 Å². The molecule has 0 atom stereocenters. The summed E-state index contributed by atoms with van der Waals surface area (Å²) in [5.74, 6) is 0.0380. The van der Waals surface area contributed by atoms with E-state index in [4.69, 9.17) is 11.5 Å². The summed E-state index contributed by atoms with van der Waals surface area (Å²) in [4.78, 5) is 16.5. The van der Waals surface area contributed by atoms with E-state index in [1.807, 2.05) is 5.38 Å². The van der Waals surface area contributed by atoms with Crippen molar-refractivity contribution in [3.8, 4) is 0 Å². The lowest BCUT2D eigenvalue weighted by atomic mass is 10.2. The molecule has 6 heteroatoms. The zero-order valence-electron chi connectivity index (χ0n) is 9.93. The highest BCUT2D eigenvalue weighted by molar-refractivity contribution is 7.10. The number of nitrogens with one attached hydrogen (secondary N) is 1. The summed E-state index contributed by atoms with van der Waals surface area (Å²) in [6.45, 7) is 2.72. The topological polar surface area (TPSA) is 94.0 Å². The number of nitrogens with two attached hydrogens (primary N) is 2. The summed E-state index contributed by atoms with van der Waals surface area (Å²) in [6.07, 6.45) is 1.43. The number of hydrogen-bond acceptors (Lipinski definition) is 5. The molecule has 5 N–H and O–H groups in total. The first-order chi connectivity index (χ1) is 8.58. The molecule has 2 aromatic heterocycles. The molecule has 1 amide bonds. The van der Waals surface area contributed by atoms with E-state index in [2.05, 4.69) is 23.3 Å². The standard InChI is InChI=1S/C12H14N4OS/c1-7-2-3-18-10(7)6-16-11-4-8(12(14)17)9(13)5-15-11/h2-5H,6,13H2,1H3,(H2,14,17)(H,15,16). The van der Waals surface area contributed by atoms with Gasteiger partial charge in [0, 0.05) is 4.88 Å². The van der Waals surface area contributed by atoms with E-state index >= 15 is 0 Å². The molecule has 0 aliphatic rings. The molecule has 2 heterocycles. The summed E-state index contributed by atoms with van der Waals surface area (Å²) in [7, 11) is 0. The van der Waals surface area contributed by atoms with Crippen molar-refractivity contribution in [3.05, 3.63) is 39.7 Å². The Labute approximate surface area is 109 Å². The fourth-order valence-corrected chi connectivity index (χ4v) is 2.38. The predicted octanol–water partition coefficient (Wildman–Crippen LogP) is 1.74. The first-order valence-electron chi connectivity index (χ1n) is 5.40. The Morgan fingerprint density at radius 1 is 1.56 bits per heavy atom. The van der Waals surface area contributed by atoms with Crippen LogP contribution in [0, 0.1) is 6.92 Å². The third-order valence-electron chi connectivity index (χ3n) is 2.60. The van der Waals surface area contributed by atoms with Gasteiger partial charge in [-0.2, -0.15) is 0 Å². The SMILES string of the molecule is Cc1ccsc1CNc1cc(C(N)=O)c(N)cn1. The number of carbonyl (C=O) groups excluding carboxylic acids is 1. The van der Waals surface area contributed by atoms with Gasteiger partial charge in [-0.25, -0.2) is 4.98 Å². The molecule has 0 spiro atoms. The summed E-state index contributed by atoms with van der Waals surface area (Å²) in [6, 6.07) is 3.63. The van der Waals surface area contributed by atoms with Gasteiger partial charge in [0.15, 0.2) is 0 Å². The zero-order chi connectivity index (χ0) is 13.1. The number of anilines is 2. The van der Waals surface area contributed by atoms with Crippen LogP contribution < -0.4 is 16.8 Å². The van der Waals surface area contributed by atoms with Gasteiger partial charge in [0.2, 0.25) is 0 Å². The maximum absolute atomic E-state index is 11.1. The lowest BCUT2D eigenvalue weighted by Crippen LogP contribution is -2.14. The molecule has 0 aliphatic carbocycles. The molecule has 2 aromatic rings. The third kappa shape index (κ3) is 2.60. The second kappa shape index (κ2) is 5.05. The minimum Gasteiger partial charge on any atom is -0.397 e. The van der Waals surface area contributed by atoms with Crippen molar-refractivity contribution in [2.45, 2.75) is 13.5 Å². The molecule has 5 nitrogen and oxygen atoms in total. The number of hydrogen-bond donors (Lipinski definition) is 3. The Hall–Kier alpha value is -2.08. The molecule has 94 valence electrons. The van der Waals surface area contributed by atoms with E-state index < -0.39 is 5.91 Å². The number of nitrogen functional groups attached to an aromatic ring is 1. The van der Waals surface area contributed by atoms with Crippen LogP contribution in [0.5, 0.6) is 0 Å². The van der Waals surface area contributed by atoms with Gasteiger partial charge in [-0.15, -0.1) is 11.3 Å². The van der Waals surface area contributed by atoms with Crippen molar-refractivity contribution in [3.63, 3.8) is 0 Å². The number of pyridine rings is 1. The van der Waals surface area contributed by atoms with Crippen LogP contribution in [0.1, 0.15) is 20.8 Å². The maximum Gasteiger partial charge on any atom is 0.250 e. The Bertz CT molecular complexity index is 579. The number of carbonyl (C=O) groups is 1. The first-order valence-corrected chi connectivity index (χ1v) is 6.28. The number of primary amides is 1. The molecule has 0 fully saturated rings. The Kier molecular flexibility index (Phi) is 3.47. The van der Waals surface area contributed by atoms with Crippen molar-refractivity contribution in [1.82, 2.24) is 4.98 Å². The molecule has 0 saturated heterocycles. The fraction of sp³-hybridized carbons (Fsp3) is 0.167. The number of nitrogens with zero attached hydrogens (tertiary/aromatic N) is 1. The van der Waals surface area contributed by atoms with Crippen molar-refractivity contribution in [1.29, 1.82) is 0 Å². The van der Waals surface area contributed by atoms with E-state index in [0.29, 0.717) is 18.1 Å². The molecule has 0 saturated carbocycles. The van der Waals surface area contributed by atoms with Crippen LogP contribution in [0.3, 0.4) is 0 Å². The molecule has 0 radical (unpaired) electrons. The van der Waals surface area contributed by atoms with Crippen LogP contribution in [-0.4, -0.2) is 10.9 Å². The highest BCUT2D eigenvalue weighted by atomic mass is 32.1. The largest absolute Gasteiger partial charge is 0.397 e. The molecular weight excluding hydrogens is 248 g/mol. The van der Waals surface area contributed by atoms with Gasteiger partial charge in [0.05, 0.1) is 24.0 Å². The average molecular weight is 262 g/mol.